The molecular weight excluding hydrogens is 226 g/mol. The van der Waals surface area contributed by atoms with Crippen LogP contribution in [0.3, 0.4) is 0 Å². The molecule has 0 spiro atoms. The number of fused-ring (bicyclic) bond motifs is 1. The Morgan fingerprint density at radius 3 is 2.81 bits per heavy atom. The molecule has 0 amide bonds. The number of aryl methyl sites for hydroxylation is 1. The molecule has 1 aromatic rings. The highest BCUT2D eigenvalue weighted by Gasteiger charge is 2.33. The molecule has 5 nitrogen and oxygen atoms in total. The van der Waals surface area contributed by atoms with Crippen LogP contribution in [-0.2, 0) is 22.0 Å². The lowest BCUT2D eigenvalue weighted by molar-refractivity contribution is 0.590. The maximum Gasteiger partial charge on any atom is 0.155 e. The molecule has 16 heavy (non-hydrogen) atoms. The Balaban J connectivity index is 2.15. The molecule has 2 aliphatic rings. The molecule has 0 saturated heterocycles. The Labute approximate surface area is 93.6 Å². The summed E-state index contributed by atoms with van der Waals surface area (Å²) in [6.45, 7) is 0. The van der Waals surface area contributed by atoms with Crippen molar-refractivity contribution in [1.29, 1.82) is 5.26 Å². The molecule has 0 radical (unpaired) electrons. The zero-order chi connectivity index (χ0) is 11.3. The third-order valence-corrected chi connectivity index (χ3v) is 4.66. The molecular formula is C10H11N3O2S. The van der Waals surface area contributed by atoms with Crippen LogP contribution in [0.1, 0.15) is 35.8 Å². The monoisotopic (exact) mass is 237 g/mol. The van der Waals surface area contributed by atoms with E-state index in [1.54, 1.807) is 4.68 Å². The Morgan fingerprint density at radius 1 is 1.44 bits per heavy atom. The van der Waals surface area contributed by atoms with E-state index >= 15 is 0 Å². The molecule has 1 fully saturated rings. The van der Waals surface area contributed by atoms with Gasteiger partial charge in [-0.3, -0.25) is 4.68 Å². The average molecular weight is 237 g/mol. The summed E-state index contributed by atoms with van der Waals surface area (Å²) in [5.41, 5.74) is 1.90. The van der Waals surface area contributed by atoms with Gasteiger partial charge in [0.1, 0.15) is 11.8 Å². The summed E-state index contributed by atoms with van der Waals surface area (Å²) in [5, 5.41) is 13.5. The van der Waals surface area contributed by atoms with E-state index in [-0.39, 0.29) is 11.5 Å². The van der Waals surface area contributed by atoms with Crippen LogP contribution in [0.4, 0.5) is 0 Å². The summed E-state index contributed by atoms with van der Waals surface area (Å²) < 4.78 is 24.8. The van der Waals surface area contributed by atoms with Gasteiger partial charge < -0.3 is 0 Å². The van der Waals surface area contributed by atoms with Crippen LogP contribution in [0, 0.1) is 11.3 Å². The Hall–Kier alpha value is -1.35. The van der Waals surface area contributed by atoms with Crippen molar-refractivity contribution >= 4 is 9.84 Å². The topological polar surface area (TPSA) is 75.8 Å². The first-order valence-corrected chi connectivity index (χ1v) is 7.13. The van der Waals surface area contributed by atoms with Gasteiger partial charge in [0.25, 0.3) is 0 Å². The number of nitriles is 1. The van der Waals surface area contributed by atoms with E-state index in [2.05, 4.69) is 11.2 Å². The fraction of sp³-hybridized carbons (Fsp3) is 0.600. The number of hydrogen-bond donors (Lipinski definition) is 0. The summed E-state index contributed by atoms with van der Waals surface area (Å²) in [6, 6.07) is 2.42. The van der Waals surface area contributed by atoms with Crippen LogP contribution in [0.25, 0.3) is 0 Å². The minimum Gasteiger partial charge on any atom is -0.251 e. The van der Waals surface area contributed by atoms with Gasteiger partial charge in [0.2, 0.25) is 0 Å². The van der Waals surface area contributed by atoms with Crippen LogP contribution in [0.5, 0.6) is 0 Å². The molecule has 0 aromatic carbocycles. The summed E-state index contributed by atoms with van der Waals surface area (Å²) in [5.74, 6) is 0.143. The van der Waals surface area contributed by atoms with Crippen molar-refractivity contribution in [2.24, 2.45) is 0 Å². The van der Waals surface area contributed by atoms with Crippen molar-refractivity contribution in [1.82, 2.24) is 9.78 Å². The highest BCUT2D eigenvalue weighted by molar-refractivity contribution is 7.90. The summed E-state index contributed by atoms with van der Waals surface area (Å²) in [6.07, 6.45) is 2.54. The number of rotatable bonds is 1. The number of aromatic nitrogens is 2. The van der Waals surface area contributed by atoms with Gasteiger partial charge in [-0.15, -0.1) is 0 Å². The van der Waals surface area contributed by atoms with Crippen LogP contribution in [0.2, 0.25) is 0 Å². The van der Waals surface area contributed by atoms with Crippen LogP contribution in [-0.4, -0.2) is 24.0 Å². The first-order chi connectivity index (χ1) is 7.61. The van der Waals surface area contributed by atoms with E-state index < -0.39 is 9.84 Å². The fourth-order valence-electron chi connectivity index (χ4n) is 2.11. The lowest BCUT2D eigenvalue weighted by atomic mass is 10.2. The largest absolute Gasteiger partial charge is 0.251 e. The fourth-order valence-corrected chi connectivity index (χ4v) is 3.51. The number of sulfone groups is 1. The molecule has 0 N–H and O–H groups in total. The Morgan fingerprint density at radius 2 is 2.19 bits per heavy atom. The minimum atomic E-state index is -3.03. The molecule has 1 saturated carbocycles. The summed E-state index contributed by atoms with van der Waals surface area (Å²) in [4.78, 5) is 0. The quantitative estimate of drug-likeness (QED) is 0.715. The third kappa shape index (κ3) is 1.43. The zero-order valence-corrected chi connectivity index (χ0v) is 9.50. The molecule has 0 bridgehead atoms. The van der Waals surface area contributed by atoms with Crippen molar-refractivity contribution in [3.8, 4) is 6.07 Å². The maximum absolute atomic E-state index is 11.5. The second kappa shape index (κ2) is 3.08. The van der Waals surface area contributed by atoms with Gasteiger partial charge in [0, 0.05) is 12.0 Å². The molecule has 0 atom stereocenters. The standard InChI is InChI=1S/C10H11N3O2S/c11-5-10-8-6-16(14,15)4-3-9(8)12-13(10)7-1-2-7/h7H,1-4,6H2. The van der Waals surface area contributed by atoms with Crippen molar-refractivity contribution in [2.45, 2.75) is 31.1 Å². The smallest absolute Gasteiger partial charge is 0.155 e. The van der Waals surface area contributed by atoms with Gasteiger partial charge in [-0.2, -0.15) is 10.4 Å². The normalized spacial score (nSPS) is 22.4. The summed E-state index contributed by atoms with van der Waals surface area (Å²) >= 11 is 0. The van der Waals surface area contributed by atoms with Gasteiger partial charge in [-0.05, 0) is 12.8 Å². The van der Waals surface area contributed by atoms with Crippen molar-refractivity contribution in [3.63, 3.8) is 0 Å². The summed E-state index contributed by atoms with van der Waals surface area (Å²) in [7, 11) is -3.03. The second-order valence-electron chi connectivity index (χ2n) is 4.40. The van der Waals surface area contributed by atoms with Gasteiger partial charge >= 0.3 is 0 Å². The molecule has 1 aromatic heterocycles. The highest BCUT2D eigenvalue weighted by Crippen LogP contribution is 2.37. The van der Waals surface area contributed by atoms with Crippen LogP contribution in [0.15, 0.2) is 0 Å². The third-order valence-electron chi connectivity index (χ3n) is 3.10. The molecule has 84 valence electrons. The van der Waals surface area contributed by atoms with Gasteiger partial charge in [0.15, 0.2) is 9.84 Å². The van der Waals surface area contributed by atoms with E-state index in [0.29, 0.717) is 23.7 Å². The van der Waals surface area contributed by atoms with E-state index in [4.69, 9.17) is 5.26 Å². The van der Waals surface area contributed by atoms with Crippen molar-refractivity contribution in [2.75, 3.05) is 5.75 Å². The highest BCUT2D eigenvalue weighted by atomic mass is 32.2. The van der Waals surface area contributed by atoms with E-state index in [1.807, 2.05) is 0 Å². The number of hydrogen-bond acceptors (Lipinski definition) is 4. The molecule has 3 rings (SSSR count). The van der Waals surface area contributed by atoms with E-state index in [0.717, 1.165) is 18.5 Å². The lowest BCUT2D eigenvalue weighted by Gasteiger charge is -2.09. The predicted octanol–water partition coefficient (Wildman–Crippen LogP) is 0.561. The van der Waals surface area contributed by atoms with Crippen molar-refractivity contribution < 1.29 is 8.42 Å². The SMILES string of the molecule is N#Cc1c2c(nn1C1CC1)CCS(=O)(=O)C2. The van der Waals surface area contributed by atoms with Gasteiger partial charge in [-0.25, -0.2) is 8.42 Å². The molecule has 6 heteroatoms. The van der Waals surface area contributed by atoms with Crippen molar-refractivity contribution in [3.05, 3.63) is 17.0 Å². The molecule has 1 aliphatic heterocycles. The van der Waals surface area contributed by atoms with E-state index in [1.165, 1.54) is 0 Å². The van der Waals surface area contributed by atoms with Gasteiger partial charge in [0.05, 0.1) is 23.2 Å². The first-order valence-electron chi connectivity index (χ1n) is 5.31. The second-order valence-corrected chi connectivity index (χ2v) is 6.59. The predicted molar refractivity (Wildman–Crippen MR) is 56.4 cm³/mol. The Bertz CT molecular complexity index is 590. The average Bonchev–Trinajstić information content (AvgIpc) is 2.99. The maximum atomic E-state index is 11.5. The zero-order valence-electron chi connectivity index (χ0n) is 8.68. The first kappa shape index (κ1) is 9.85. The Kier molecular flexibility index (Phi) is 1.89. The van der Waals surface area contributed by atoms with Crippen LogP contribution >= 0.6 is 0 Å². The molecule has 0 unspecified atom stereocenters. The van der Waals surface area contributed by atoms with Crippen LogP contribution < -0.4 is 0 Å². The lowest BCUT2D eigenvalue weighted by Crippen LogP contribution is -2.18. The van der Waals surface area contributed by atoms with E-state index in [9.17, 15) is 8.42 Å². The molecule has 2 heterocycles. The number of nitrogens with zero attached hydrogens (tertiary/aromatic N) is 3. The minimum absolute atomic E-state index is 0.0159. The molecule has 1 aliphatic carbocycles. The van der Waals surface area contributed by atoms with Gasteiger partial charge in [-0.1, -0.05) is 0 Å².